The zero-order valence-electron chi connectivity index (χ0n) is 11.7. The van der Waals surface area contributed by atoms with E-state index in [-0.39, 0.29) is 24.8 Å². The number of unbranched alkanes of at least 4 members (excludes halogenated alkanes) is 2. The van der Waals surface area contributed by atoms with Gasteiger partial charge in [0.15, 0.2) is 0 Å². The lowest BCUT2D eigenvalue weighted by atomic mass is 10.2. The molecule has 0 radical (unpaired) electrons. The lowest BCUT2D eigenvalue weighted by Gasteiger charge is -2.06. The number of hydrogen-bond donors (Lipinski definition) is 1. The van der Waals surface area contributed by atoms with Crippen LogP contribution in [-0.4, -0.2) is 25.0 Å². The maximum Gasteiger partial charge on any atom is 0.307 e. The Labute approximate surface area is 124 Å². The van der Waals surface area contributed by atoms with Gasteiger partial charge in [0.05, 0.1) is 13.0 Å². The van der Waals surface area contributed by atoms with Gasteiger partial charge in [0.2, 0.25) is 0 Å². The summed E-state index contributed by atoms with van der Waals surface area (Å²) in [6.45, 7) is 2.82. The van der Waals surface area contributed by atoms with E-state index in [0.717, 1.165) is 19.3 Å². The van der Waals surface area contributed by atoms with E-state index in [1.165, 1.54) is 0 Å². The average Bonchev–Trinajstić information content (AvgIpc) is 2.44. The Morgan fingerprint density at radius 3 is 2.55 bits per heavy atom. The van der Waals surface area contributed by atoms with Crippen molar-refractivity contribution in [3.05, 3.63) is 34.9 Å². The quantitative estimate of drug-likeness (QED) is 0.592. The van der Waals surface area contributed by atoms with E-state index in [1.807, 2.05) is 0 Å². The van der Waals surface area contributed by atoms with E-state index < -0.39 is 0 Å². The van der Waals surface area contributed by atoms with Crippen LogP contribution in [0.5, 0.6) is 0 Å². The summed E-state index contributed by atoms with van der Waals surface area (Å²) in [5.74, 6) is -0.502. The van der Waals surface area contributed by atoms with Gasteiger partial charge in [-0.15, -0.1) is 0 Å². The molecule has 1 aromatic rings. The van der Waals surface area contributed by atoms with E-state index >= 15 is 0 Å². The molecule has 0 saturated heterocycles. The smallest absolute Gasteiger partial charge is 0.307 e. The van der Waals surface area contributed by atoms with Crippen molar-refractivity contribution in [1.82, 2.24) is 5.32 Å². The average molecular weight is 298 g/mol. The zero-order chi connectivity index (χ0) is 14.8. The highest BCUT2D eigenvalue weighted by Gasteiger charge is 2.07. The van der Waals surface area contributed by atoms with E-state index in [1.54, 1.807) is 24.3 Å². The fraction of sp³-hybridized carbons (Fsp3) is 0.467. The molecule has 0 spiro atoms. The monoisotopic (exact) mass is 297 g/mol. The molecule has 1 aromatic carbocycles. The molecule has 0 atom stereocenters. The molecule has 0 fully saturated rings. The minimum atomic E-state index is -0.280. The summed E-state index contributed by atoms with van der Waals surface area (Å²) in [4.78, 5) is 23.1. The summed E-state index contributed by atoms with van der Waals surface area (Å²) in [5, 5.41) is 3.25. The predicted molar refractivity (Wildman–Crippen MR) is 78.9 cm³/mol. The van der Waals surface area contributed by atoms with Crippen LogP contribution in [0.3, 0.4) is 0 Å². The van der Waals surface area contributed by atoms with Crippen LogP contribution in [0.1, 0.15) is 43.0 Å². The van der Waals surface area contributed by atoms with E-state index in [0.29, 0.717) is 17.2 Å². The third kappa shape index (κ3) is 6.57. The molecule has 1 N–H and O–H groups in total. The van der Waals surface area contributed by atoms with Crippen LogP contribution >= 0.6 is 11.6 Å². The van der Waals surface area contributed by atoms with Gasteiger partial charge in [-0.25, -0.2) is 0 Å². The number of esters is 1. The number of rotatable bonds is 8. The summed E-state index contributed by atoms with van der Waals surface area (Å²) >= 11 is 5.74. The van der Waals surface area contributed by atoms with E-state index in [9.17, 15) is 9.59 Å². The van der Waals surface area contributed by atoms with Crippen LogP contribution in [0, 0.1) is 0 Å². The number of ether oxygens (including phenoxy) is 1. The number of hydrogen-bond acceptors (Lipinski definition) is 3. The first kappa shape index (κ1) is 16.5. The van der Waals surface area contributed by atoms with Gasteiger partial charge < -0.3 is 10.1 Å². The minimum Gasteiger partial charge on any atom is -0.466 e. The Hall–Kier alpha value is -1.55. The molecular formula is C15H20ClNO3. The second kappa shape index (κ2) is 9.37. The Morgan fingerprint density at radius 2 is 1.90 bits per heavy atom. The fourth-order valence-electron chi connectivity index (χ4n) is 1.59. The number of carbonyl (C=O) groups is 2. The maximum atomic E-state index is 11.7. The van der Waals surface area contributed by atoms with E-state index in [4.69, 9.17) is 16.3 Å². The van der Waals surface area contributed by atoms with Gasteiger partial charge in [-0.05, 0) is 30.7 Å². The molecule has 20 heavy (non-hydrogen) atoms. The first-order valence-corrected chi connectivity index (χ1v) is 7.20. The standard InChI is InChI=1S/C15H20ClNO3/c1-2-3-4-11-20-14(18)9-10-17-15(19)12-5-7-13(16)8-6-12/h5-8H,2-4,9-11H2,1H3,(H,17,19). The van der Waals surface area contributed by atoms with Crippen molar-refractivity contribution in [2.75, 3.05) is 13.2 Å². The topological polar surface area (TPSA) is 55.4 Å². The lowest BCUT2D eigenvalue weighted by Crippen LogP contribution is -2.26. The van der Waals surface area contributed by atoms with E-state index in [2.05, 4.69) is 12.2 Å². The van der Waals surface area contributed by atoms with Crippen LogP contribution in [0.15, 0.2) is 24.3 Å². The third-order valence-corrected chi connectivity index (χ3v) is 2.98. The first-order chi connectivity index (χ1) is 9.63. The molecule has 110 valence electrons. The largest absolute Gasteiger partial charge is 0.466 e. The van der Waals surface area contributed by atoms with Crippen molar-refractivity contribution in [3.8, 4) is 0 Å². The molecule has 0 unspecified atom stereocenters. The van der Waals surface area contributed by atoms with Crippen molar-refractivity contribution >= 4 is 23.5 Å². The fourth-order valence-corrected chi connectivity index (χ4v) is 1.72. The Bertz CT molecular complexity index is 431. The first-order valence-electron chi connectivity index (χ1n) is 6.83. The molecule has 5 heteroatoms. The number of nitrogens with one attached hydrogen (secondary N) is 1. The Morgan fingerprint density at radius 1 is 1.20 bits per heavy atom. The molecule has 0 aromatic heterocycles. The summed E-state index contributed by atoms with van der Waals surface area (Å²) in [6, 6.07) is 6.58. The maximum absolute atomic E-state index is 11.7. The van der Waals surface area contributed by atoms with Gasteiger partial charge in [-0.3, -0.25) is 9.59 Å². The van der Waals surface area contributed by atoms with Gasteiger partial charge in [0.1, 0.15) is 0 Å². The molecule has 1 rings (SSSR count). The highest BCUT2D eigenvalue weighted by molar-refractivity contribution is 6.30. The van der Waals surface area contributed by atoms with Crippen LogP contribution in [0.2, 0.25) is 5.02 Å². The molecule has 0 aliphatic rings. The van der Waals surface area contributed by atoms with Gasteiger partial charge in [-0.2, -0.15) is 0 Å². The molecule has 0 aliphatic carbocycles. The van der Waals surface area contributed by atoms with Crippen molar-refractivity contribution < 1.29 is 14.3 Å². The van der Waals surface area contributed by atoms with Gasteiger partial charge in [0.25, 0.3) is 5.91 Å². The lowest BCUT2D eigenvalue weighted by molar-refractivity contribution is -0.143. The zero-order valence-corrected chi connectivity index (χ0v) is 12.4. The van der Waals surface area contributed by atoms with Crippen molar-refractivity contribution in [3.63, 3.8) is 0 Å². The number of carbonyl (C=O) groups excluding carboxylic acids is 2. The second-order valence-electron chi connectivity index (χ2n) is 4.44. The molecule has 4 nitrogen and oxygen atoms in total. The van der Waals surface area contributed by atoms with Gasteiger partial charge >= 0.3 is 5.97 Å². The SMILES string of the molecule is CCCCCOC(=O)CCNC(=O)c1ccc(Cl)cc1. The highest BCUT2D eigenvalue weighted by atomic mass is 35.5. The molecule has 0 bridgehead atoms. The van der Waals surface area contributed by atoms with Crippen LogP contribution in [0.25, 0.3) is 0 Å². The van der Waals surface area contributed by atoms with Crippen LogP contribution < -0.4 is 5.32 Å². The molecule has 1 amide bonds. The Balaban J connectivity index is 2.18. The normalized spacial score (nSPS) is 10.1. The predicted octanol–water partition coefficient (Wildman–Crippen LogP) is 3.19. The number of halogens is 1. The number of benzene rings is 1. The van der Waals surface area contributed by atoms with Gasteiger partial charge in [-0.1, -0.05) is 31.4 Å². The van der Waals surface area contributed by atoms with Gasteiger partial charge in [0, 0.05) is 17.1 Å². The summed E-state index contributed by atoms with van der Waals surface area (Å²) in [6.07, 6.45) is 3.22. The third-order valence-electron chi connectivity index (χ3n) is 2.73. The van der Waals surface area contributed by atoms with Crippen LogP contribution in [-0.2, 0) is 9.53 Å². The summed E-state index contributed by atoms with van der Waals surface area (Å²) in [5.41, 5.74) is 0.519. The summed E-state index contributed by atoms with van der Waals surface area (Å²) in [7, 11) is 0. The molecule has 0 aliphatic heterocycles. The Kier molecular flexibility index (Phi) is 7.73. The van der Waals surface area contributed by atoms with Crippen molar-refractivity contribution in [2.45, 2.75) is 32.6 Å². The minimum absolute atomic E-state index is 0.186. The molecular weight excluding hydrogens is 278 g/mol. The second-order valence-corrected chi connectivity index (χ2v) is 4.88. The molecule has 0 saturated carbocycles. The summed E-state index contributed by atoms with van der Waals surface area (Å²) < 4.78 is 5.04. The highest BCUT2D eigenvalue weighted by Crippen LogP contribution is 2.09. The van der Waals surface area contributed by atoms with Crippen molar-refractivity contribution in [1.29, 1.82) is 0 Å². The van der Waals surface area contributed by atoms with Crippen LogP contribution in [0.4, 0.5) is 0 Å². The number of amides is 1. The molecule has 0 heterocycles. The van der Waals surface area contributed by atoms with Crippen molar-refractivity contribution in [2.24, 2.45) is 0 Å².